The number of aromatic nitrogens is 2. The molecular formula is C16H13AsN2O. The summed E-state index contributed by atoms with van der Waals surface area (Å²) in [6, 6.07) is 20.2. The monoisotopic (exact) mass is 324 g/mol. The van der Waals surface area contributed by atoms with E-state index in [1.807, 2.05) is 18.2 Å². The maximum absolute atomic E-state index is 11.3. The summed E-state index contributed by atoms with van der Waals surface area (Å²) in [5.41, 5.74) is 2.32. The molecule has 0 saturated heterocycles. The molecule has 2 aromatic carbocycles. The van der Waals surface area contributed by atoms with Crippen molar-refractivity contribution in [3.63, 3.8) is 0 Å². The minimum absolute atomic E-state index is 0.0852. The maximum atomic E-state index is 11.3. The molecule has 3 rings (SSSR count). The van der Waals surface area contributed by atoms with Gasteiger partial charge in [-0.1, -0.05) is 0 Å². The van der Waals surface area contributed by atoms with Gasteiger partial charge in [-0.2, -0.15) is 0 Å². The molecule has 0 amide bonds. The minimum atomic E-state index is -0.611. The van der Waals surface area contributed by atoms with Gasteiger partial charge in [0.15, 0.2) is 0 Å². The molecule has 0 fully saturated rings. The number of hydrogen-bond donors (Lipinski definition) is 1. The first-order valence-corrected chi connectivity index (χ1v) is 8.39. The zero-order valence-corrected chi connectivity index (χ0v) is 12.8. The van der Waals surface area contributed by atoms with Crippen LogP contribution in [0.25, 0.3) is 11.1 Å². The Morgan fingerprint density at radius 3 is 2.50 bits per heavy atom. The Labute approximate surface area is 123 Å². The van der Waals surface area contributed by atoms with Gasteiger partial charge in [0.2, 0.25) is 0 Å². The molecule has 3 nitrogen and oxygen atoms in total. The van der Waals surface area contributed by atoms with E-state index in [2.05, 4.69) is 46.4 Å². The first-order valence-electron chi connectivity index (χ1n) is 6.29. The number of rotatable bonds is 3. The van der Waals surface area contributed by atoms with Gasteiger partial charge in [-0.3, -0.25) is 0 Å². The molecule has 1 aromatic heterocycles. The Kier molecular flexibility index (Phi) is 3.80. The number of nitrogens with zero attached hydrogens (tertiary/aromatic N) is 1. The van der Waals surface area contributed by atoms with Crippen molar-refractivity contribution in [1.29, 1.82) is 0 Å². The number of nitrogens with one attached hydrogen (secondary N) is 1. The van der Waals surface area contributed by atoms with E-state index in [1.54, 1.807) is 6.20 Å². The molecule has 1 unspecified atom stereocenters. The van der Waals surface area contributed by atoms with Gasteiger partial charge in [-0.15, -0.1) is 0 Å². The van der Waals surface area contributed by atoms with Gasteiger partial charge in [-0.05, 0) is 0 Å². The zero-order valence-electron chi connectivity index (χ0n) is 10.7. The van der Waals surface area contributed by atoms with Crippen LogP contribution in [0.2, 0.25) is 0 Å². The summed E-state index contributed by atoms with van der Waals surface area (Å²) in [6.45, 7) is 0. The topological polar surface area (TPSA) is 45.8 Å². The molecule has 98 valence electrons. The van der Waals surface area contributed by atoms with E-state index in [-0.39, 0.29) is 5.56 Å². The van der Waals surface area contributed by atoms with Gasteiger partial charge < -0.3 is 0 Å². The molecule has 0 aliphatic heterocycles. The Bertz CT molecular complexity index is 768. The Morgan fingerprint density at radius 2 is 1.70 bits per heavy atom. The van der Waals surface area contributed by atoms with E-state index in [4.69, 9.17) is 0 Å². The standard InChI is InChI=1S/C16H13AsN2O/c20-15-9-10-18-16(19-15)17-14-8-4-7-13(11-14)12-5-2-1-3-6-12/h1-11,17H,(H,18,19,20). The predicted octanol–water partition coefficient (Wildman–Crippen LogP) is 0.824. The second kappa shape index (κ2) is 5.89. The van der Waals surface area contributed by atoms with Gasteiger partial charge in [0.25, 0.3) is 0 Å². The van der Waals surface area contributed by atoms with Gasteiger partial charge in [0, 0.05) is 0 Å². The van der Waals surface area contributed by atoms with Crippen molar-refractivity contribution >= 4 is 24.7 Å². The third kappa shape index (κ3) is 3.06. The van der Waals surface area contributed by atoms with Crippen molar-refractivity contribution in [1.82, 2.24) is 9.97 Å². The van der Waals surface area contributed by atoms with Crippen molar-refractivity contribution in [3.05, 3.63) is 77.2 Å². The molecule has 0 aliphatic carbocycles. The SMILES string of the molecule is O=c1ccnc([AsH]c2cccc(-c3ccccc3)c2)[nH]1. The Morgan fingerprint density at radius 1 is 0.900 bits per heavy atom. The number of benzene rings is 2. The van der Waals surface area contributed by atoms with Crippen molar-refractivity contribution in [2.75, 3.05) is 0 Å². The number of H-pyrrole nitrogens is 1. The summed E-state index contributed by atoms with van der Waals surface area (Å²) in [5, 5.41) is 0. The van der Waals surface area contributed by atoms with Crippen LogP contribution in [0.3, 0.4) is 0 Å². The third-order valence-corrected chi connectivity index (χ3v) is 5.19. The van der Waals surface area contributed by atoms with Crippen molar-refractivity contribution in [2.45, 2.75) is 0 Å². The molecule has 1 heterocycles. The molecule has 1 N–H and O–H groups in total. The summed E-state index contributed by atoms with van der Waals surface area (Å²) >= 11 is -0.611. The van der Waals surface area contributed by atoms with Crippen LogP contribution in [0.1, 0.15) is 0 Å². The van der Waals surface area contributed by atoms with E-state index < -0.39 is 15.8 Å². The number of hydrogen-bond acceptors (Lipinski definition) is 2. The van der Waals surface area contributed by atoms with E-state index in [0.717, 1.165) is 4.61 Å². The van der Waals surface area contributed by atoms with E-state index >= 15 is 0 Å². The fourth-order valence-corrected chi connectivity index (χ4v) is 4.09. The van der Waals surface area contributed by atoms with E-state index in [1.165, 1.54) is 21.5 Å². The van der Waals surface area contributed by atoms with Gasteiger partial charge in [-0.25, -0.2) is 0 Å². The van der Waals surface area contributed by atoms with Crippen LogP contribution in [0.15, 0.2) is 71.7 Å². The van der Waals surface area contributed by atoms with Crippen LogP contribution in [-0.4, -0.2) is 25.7 Å². The Hall–Kier alpha value is -2.12. The fraction of sp³-hybridized carbons (Fsp3) is 0. The van der Waals surface area contributed by atoms with Crippen LogP contribution in [0.4, 0.5) is 0 Å². The molecule has 0 spiro atoms. The molecule has 3 aromatic rings. The Balaban J connectivity index is 1.90. The first-order chi connectivity index (χ1) is 9.81. The average Bonchev–Trinajstić information content (AvgIpc) is 2.48. The van der Waals surface area contributed by atoms with Crippen LogP contribution < -0.4 is 14.5 Å². The van der Waals surface area contributed by atoms with Gasteiger partial charge >= 0.3 is 123 Å². The molecule has 4 heteroatoms. The molecule has 0 radical (unpaired) electrons. The summed E-state index contributed by atoms with van der Waals surface area (Å²) in [5.74, 6) is 0. The predicted molar refractivity (Wildman–Crippen MR) is 83.2 cm³/mol. The summed E-state index contributed by atoms with van der Waals surface area (Å²) in [7, 11) is 0. The summed E-state index contributed by atoms with van der Waals surface area (Å²) in [6.07, 6.45) is 1.57. The van der Waals surface area contributed by atoms with Crippen molar-refractivity contribution < 1.29 is 0 Å². The summed E-state index contributed by atoms with van der Waals surface area (Å²) in [4.78, 5) is 18.3. The second-order valence-electron chi connectivity index (χ2n) is 4.35. The second-order valence-corrected chi connectivity index (χ2v) is 7.08. The van der Waals surface area contributed by atoms with E-state index in [9.17, 15) is 4.79 Å². The molecule has 1 atom stereocenters. The first kappa shape index (κ1) is 12.9. The van der Waals surface area contributed by atoms with Crippen LogP contribution in [0.5, 0.6) is 0 Å². The molecule has 0 aliphatic rings. The van der Waals surface area contributed by atoms with Crippen LogP contribution in [0, 0.1) is 0 Å². The molecule has 20 heavy (non-hydrogen) atoms. The van der Waals surface area contributed by atoms with Crippen LogP contribution in [-0.2, 0) is 0 Å². The average molecular weight is 324 g/mol. The van der Waals surface area contributed by atoms with Crippen molar-refractivity contribution in [3.8, 4) is 11.1 Å². The molecule has 0 saturated carbocycles. The van der Waals surface area contributed by atoms with Gasteiger partial charge in [0.1, 0.15) is 0 Å². The molecule has 0 bridgehead atoms. The molecular weight excluding hydrogens is 311 g/mol. The number of aromatic amines is 1. The quantitative estimate of drug-likeness (QED) is 0.725. The summed E-state index contributed by atoms with van der Waals surface area (Å²) < 4.78 is 2.06. The van der Waals surface area contributed by atoms with Crippen LogP contribution >= 0.6 is 0 Å². The van der Waals surface area contributed by atoms with Crippen molar-refractivity contribution in [2.24, 2.45) is 0 Å². The van der Waals surface area contributed by atoms with E-state index in [0.29, 0.717) is 0 Å². The third-order valence-electron chi connectivity index (χ3n) is 2.90. The zero-order chi connectivity index (χ0) is 13.8. The fourth-order valence-electron chi connectivity index (χ4n) is 1.98. The van der Waals surface area contributed by atoms with Gasteiger partial charge in [0.05, 0.1) is 0 Å². The normalized spacial score (nSPS) is 11.0.